The molecule has 6 N–H and O–H groups in total. The molecule has 2 amide bonds. The van der Waals surface area contributed by atoms with Gasteiger partial charge in [0.05, 0.1) is 39.1 Å². The number of methoxy groups -OCH3 is 2. The largest absolute Gasteiger partial charge is 1.00 e. The molecule has 0 radical (unpaired) electrons. The minimum atomic E-state index is -1.83. The standard InChI is InChI=1S/C16H20Cl2FN3O7.C11H18BrNO6.C5H3Cl2FN2O.CH3F.K/c1-6(27-11-8(18)9(20)7(17)10(19)21-11)13(23)28-12(14(24)26-5)22-15(25)29-16(2,3)4;1-6(12)8(14)18-7(9(15)17-5)13-10(16)19-11(2,3)4;6-1-3(9)2(7)5(11)10-4(1)8;1-2;/h6,12H,1-5H3,(H2,20,21)(H,22,25);6-7H,1-5H3,(H,13,16);(H3,9,10,11);1H3;/q;;;;+1/p-1/i;;;1D;. The summed E-state index contributed by atoms with van der Waals surface area (Å²) in [6, 6.07) is 0. The first-order chi connectivity index (χ1) is 28.3. The van der Waals surface area contributed by atoms with Crippen molar-refractivity contribution >= 4 is 110 Å². The van der Waals surface area contributed by atoms with Crippen LogP contribution in [0.3, 0.4) is 0 Å². The van der Waals surface area contributed by atoms with E-state index < -0.39 is 112 Å². The van der Waals surface area contributed by atoms with Gasteiger partial charge in [-0.05, 0) is 55.4 Å². The molecule has 4 unspecified atom stereocenters. The number of esters is 4. The molecule has 29 heteroatoms. The van der Waals surface area contributed by atoms with Crippen molar-refractivity contribution in [1.29, 1.82) is 0 Å². The van der Waals surface area contributed by atoms with Crippen molar-refractivity contribution in [2.45, 2.75) is 90.0 Å². The number of rotatable bonds is 10. The molecule has 2 aromatic rings. The summed E-state index contributed by atoms with van der Waals surface area (Å²) >= 11 is 25.0. The second-order valence-corrected chi connectivity index (χ2v) is 15.7. The van der Waals surface area contributed by atoms with Gasteiger partial charge in [0.1, 0.15) is 31.1 Å². The molecular weight excluding hydrogens is 1020 g/mol. The number of carbonyl (C=O) groups is 6. The van der Waals surface area contributed by atoms with E-state index in [9.17, 15) is 47.0 Å². The molecule has 4 atom stereocenters. The summed E-state index contributed by atoms with van der Waals surface area (Å²) in [7, 11) is 1.13. The smallest absolute Gasteiger partial charge is 0.857 e. The zero-order valence-corrected chi connectivity index (χ0v) is 42.5. The summed E-state index contributed by atoms with van der Waals surface area (Å²) in [5.74, 6) is -7.55. The van der Waals surface area contributed by atoms with Crippen molar-refractivity contribution in [3.8, 4) is 11.8 Å². The van der Waals surface area contributed by atoms with Gasteiger partial charge in [-0.1, -0.05) is 62.3 Å². The third kappa shape index (κ3) is 23.6. The third-order valence-electron chi connectivity index (χ3n) is 5.62. The van der Waals surface area contributed by atoms with Gasteiger partial charge >= 0.3 is 87.4 Å². The van der Waals surface area contributed by atoms with E-state index in [-0.39, 0.29) is 72.8 Å². The monoisotopic (exact) mass is 1060 g/mol. The van der Waals surface area contributed by atoms with Gasteiger partial charge in [-0.2, -0.15) is 13.8 Å². The molecule has 62 heavy (non-hydrogen) atoms. The second-order valence-electron chi connectivity index (χ2n) is 12.8. The van der Waals surface area contributed by atoms with Crippen molar-refractivity contribution < 1.29 is 133 Å². The molecular formula is C33H43BrCl4F3KN6O14. The minimum Gasteiger partial charge on any atom is -0.857 e. The Kier molecular flexibility index (Phi) is 29.0. The zero-order chi connectivity index (χ0) is 49.0. The number of nitrogens with one attached hydrogen (secondary N) is 2. The van der Waals surface area contributed by atoms with Crippen LogP contribution in [0.1, 0.15) is 56.8 Å². The predicted molar refractivity (Wildman–Crippen MR) is 215 cm³/mol. The predicted octanol–water partition coefficient (Wildman–Crippen LogP) is 2.55. The number of ether oxygens (including phenoxy) is 7. The number of aromatic nitrogens is 2. The van der Waals surface area contributed by atoms with Crippen molar-refractivity contribution in [3.63, 3.8) is 0 Å². The van der Waals surface area contributed by atoms with E-state index >= 15 is 0 Å². The molecule has 2 aromatic heterocycles. The number of hydrogen-bond acceptors (Lipinski definition) is 18. The number of nitrogens with two attached hydrogens (primary N) is 2. The first-order valence-electron chi connectivity index (χ1n) is 17.0. The number of alkyl carbamates (subject to hydrolysis) is 2. The van der Waals surface area contributed by atoms with Crippen LogP contribution in [0.2, 0.25) is 20.1 Å². The van der Waals surface area contributed by atoms with Crippen LogP contribution in [0.5, 0.6) is 11.8 Å². The average Bonchev–Trinajstić information content (AvgIpc) is 3.15. The Morgan fingerprint density at radius 1 is 0.726 bits per heavy atom. The summed E-state index contributed by atoms with van der Waals surface area (Å²) in [5, 5.41) is 13.1. The minimum absolute atomic E-state index is 0. The average molecular weight is 1070 g/mol. The number of nitrogens with zero attached hydrogens (tertiary/aromatic N) is 2. The van der Waals surface area contributed by atoms with Crippen LogP contribution in [-0.4, -0.2) is 102 Å². The molecule has 0 aromatic carbocycles. The van der Waals surface area contributed by atoms with Crippen LogP contribution >= 0.6 is 62.3 Å². The molecule has 346 valence electrons. The van der Waals surface area contributed by atoms with Crippen LogP contribution in [0.15, 0.2) is 0 Å². The quantitative estimate of drug-likeness (QED) is 0.0664. The molecule has 2 rings (SSSR count). The number of anilines is 2. The maximum atomic E-state index is 13.6. The van der Waals surface area contributed by atoms with Gasteiger partial charge in [0.2, 0.25) is 17.8 Å². The van der Waals surface area contributed by atoms with Gasteiger partial charge in [-0.25, -0.2) is 29.0 Å². The van der Waals surface area contributed by atoms with Crippen LogP contribution in [-0.2, 0) is 47.6 Å². The van der Waals surface area contributed by atoms with Crippen LogP contribution in [0.25, 0.3) is 0 Å². The Morgan fingerprint density at radius 3 is 1.44 bits per heavy atom. The maximum Gasteiger partial charge on any atom is 1.00 e. The normalized spacial score (nSPS) is 12.5. The maximum absolute atomic E-state index is 13.6. The summed E-state index contributed by atoms with van der Waals surface area (Å²) in [6.45, 7) is 12.5. The third-order valence-corrected chi connectivity index (χ3v) is 7.45. The Morgan fingerprint density at radius 2 is 1.08 bits per heavy atom. The molecule has 0 spiro atoms. The van der Waals surface area contributed by atoms with E-state index in [1.807, 2.05) is 5.32 Å². The van der Waals surface area contributed by atoms with Crippen molar-refractivity contribution in [2.24, 2.45) is 0 Å². The number of carbonyl (C=O) groups excluding carboxylic acids is 6. The number of hydrogen-bond donors (Lipinski definition) is 4. The van der Waals surface area contributed by atoms with E-state index in [0.29, 0.717) is 0 Å². The molecule has 0 aliphatic rings. The van der Waals surface area contributed by atoms with Gasteiger partial charge in [0.15, 0.2) is 6.10 Å². The fraction of sp³-hybridized carbons (Fsp3) is 0.515. The first-order valence-corrected chi connectivity index (χ1v) is 18.7. The Bertz CT molecular complexity index is 1870. The van der Waals surface area contributed by atoms with E-state index in [4.69, 9.17) is 82.9 Å². The Labute approximate surface area is 426 Å². The fourth-order valence-electron chi connectivity index (χ4n) is 3.05. The van der Waals surface area contributed by atoms with E-state index in [1.165, 1.54) is 13.8 Å². The molecule has 0 saturated heterocycles. The molecule has 0 aliphatic heterocycles. The number of amides is 2. The van der Waals surface area contributed by atoms with Crippen molar-refractivity contribution in [2.75, 3.05) is 32.8 Å². The second kappa shape index (κ2) is 29.4. The van der Waals surface area contributed by atoms with Crippen molar-refractivity contribution in [3.05, 3.63) is 32.0 Å². The number of halogens is 8. The Hall–Kier alpha value is -3.01. The molecule has 20 nitrogen and oxygen atoms in total. The summed E-state index contributed by atoms with van der Waals surface area (Å²) < 4.78 is 75.1. The van der Waals surface area contributed by atoms with Gasteiger partial charge < -0.3 is 49.7 Å². The van der Waals surface area contributed by atoms with Gasteiger partial charge in [-0.15, -0.1) is 0 Å². The molecule has 2 heterocycles. The molecule has 0 fully saturated rings. The van der Waals surface area contributed by atoms with Crippen LogP contribution < -0.4 is 83.3 Å². The molecule has 0 aliphatic carbocycles. The Balaban J connectivity index is -0.000000904. The van der Waals surface area contributed by atoms with Gasteiger partial charge in [0, 0.05) is 5.88 Å². The topological polar surface area (TPSA) is 292 Å². The number of nitrogen functional groups attached to an aromatic ring is 2. The molecule has 0 saturated carbocycles. The van der Waals surface area contributed by atoms with Gasteiger partial charge in [-0.3, -0.25) is 19.8 Å². The van der Waals surface area contributed by atoms with Crippen molar-refractivity contribution in [1.82, 2.24) is 20.6 Å². The summed E-state index contributed by atoms with van der Waals surface area (Å²) in [5.41, 5.74) is 8.44. The number of pyridine rings is 2. The zero-order valence-electron chi connectivity index (χ0n) is 35.8. The summed E-state index contributed by atoms with van der Waals surface area (Å²) in [4.78, 5) is 75.7. The first kappa shape index (κ1) is 61.1. The van der Waals surface area contributed by atoms with Crippen LogP contribution in [0.4, 0.5) is 34.1 Å². The van der Waals surface area contributed by atoms with Gasteiger partial charge in [0.25, 0.3) is 12.5 Å². The SMILES string of the molecule is COC(=O)C(NC(=O)OC(C)(C)C)OC(=O)C(C)Br.COC(=O)C(NC(=O)OC(C)(C)C)OC(=O)C(C)Oc1nc(F)c(Cl)c(N)c1Cl.Nc1c(Cl)c([O-])nc(F)c1Cl.[2H]CF.[K+]. The van der Waals surface area contributed by atoms with E-state index in [2.05, 4.69) is 40.7 Å². The molecule has 0 bridgehead atoms. The fourth-order valence-corrected chi connectivity index (χ4v) is 3.85. The number of alkyl halides is 2. The van der Waals surface area contributed by atoms with E-state index in [0.717, 1.165) is 14.2 Å². The summed E-state index contributed by atoms with van der Waals surface area (Å²) in [6.07, 6.45) is -6.74. The van der Waals surface area contributed by atoms with E-state index in [1.54, 1.807) is 41.5 Å². The van der Waals surface area contributed by atoms with Crippen LogP contribution in [0, 0.1) is 11.9 Å².